The normalized spacial score (nSPS) is 16.3. The van der Waals surface area contributed by atoms with Crippen molar-refractivity contribution in [2.24, 2.45) is 0 Å². The fourth-order valence-corrected chi connectivity index (χ4v) is 2.34. The van der Waals surface area contributed by atoms with E-state index in [2.05, 4.69) is 17.2 Å². The van der Waals surface area contributed by atoms with Crippen molar-refractivity contribution in [2.75, 3.05) is 19.6 Å². The number of rotatable bonds is 9. The highest BCUT2D eigenvalue weighted by Crippen LogP contribution is 2.13. The van der Waals surface area contributed by atoms with Crippen molar-refractivity contribution in [1.29, 1.82) is 0 Å². The first-order valence-electron chi connectivity index (χ1n) is 7.64. The first kappa shape index (κ1) is 19.2. The summed E-state index contributed by atoms with van der Waals surface area (Å²) >= 11 is 0. The molecule has 3 N–H and O–H groups in total. The Kier molecular flexibility index (Phi) is 7.74. The summed E-state index contributed by atoms with van der Waals surface area (Å²) in [6, 6.07) is -0.762. The van der Waals surface area contributed by atoms with Gasteiger partial charge in [-0.05, 0) is 19.4 Å². The lowest BCUT2D eigenvalue weighted by atomic mass is 10.0. The summed E-state index contributed by atoms with van der Waals surface area (Å²) in [4.78, 5) is 13.4. The molecule has 0 bridgehead atoms. The Morgan fingerprint density at radius 3 is 2.74 bits per heavy atom. The highest BCUT2D eigenvalue weighted by atomic mass is 19.3. The summed E-state index contributed by atoms with van der Waals surface area (Å²) in [5.41, 5.74) is 1.18. The Labute approximate surface area is 135 Å². The van der Waals surface area contributed by atoms with Gasteiger partial charge in [0.15, 0.2) is 6.10 Å². The van der Waals surface area contributed by atoms with E-state index in [1.807, 2.05) is 6.08 Å². The Bertz CT molecular complexity index is 478. The van der Waals surface area contributed by atoms with E-state index in [4.69, 9.17) is 0 Å². The van der Waals surface area contributed by atoms with Crippen molar-refractivity contribution in [1.82, 2.24) is 15.5 Å². The molecule has 0 spiro atoms. The molecule has 2 unspecified atom stereocenters. The first-order valence-corrected chi connectivity index (χ1v) is 7.64. The fraction of sp³-hybridized carbons (Fsp3) is 0.562. The van der Waals surface area contributed by atoms with E-state index in [0.29, 0.717) is 24.4 Å². The third kappa shape index (κ3) is 6.02. The van der Waals surface area contributed by atoms with Crippen LogP contribution in [-0.2, 0) is 4.79 Å². The number of halogens is 2. The van der Waals surface area contributed by atoms with Gasteiger partial charge in [-0.25, -0.2) is 8.78 Å². The van der Waals surface area contributed by atoms with Crippen LogP contribution in [-0.4, -0.2) is 54.1 Å². The number of alkyl halides is 2. The van der Waals surface area contributed by atoms with Gasteiger partial charge in [0.05, 0.1) is 6.54 Å². The lowest BCUT2D eigenvalue weighted by Gasteiger charge is -2.32. The Balaban J connectivity index is 2.94. The molecule has 0 aromatic heterocycles. The van der Waals surface area contributed by atoms with Crippen LogP contribution in [0.2, 0.25) is 0 Å². The molecule has 130 valence electrons. The van der Waals surface area contributed by atoms with Gasteiger partial charge >= 0.3 is 0 Å². The second kappa shape index (κ2) is 9.29. The van der Waals surface area contributed by atoms with Gasteiger partial charge in [0, 0.05) is 24.5 Å². The largest absolute Gasteiger partial charge is 0.383 e. The molecule has 1 heterocycles. The minimum absolute atomic E-state index is 0.173. The summed E-state index contributed by atoms with van der Waals surface area (Å²) in [6.07, 6.45) is 1.84. The molecule has 23 heavy (non-hydrogen) atoms. The van der Waals surface area contributed by atoms with E-state index in [1.165, 1.54) is 0 Å². The lowest BCUT2D eigenvalue weighted by Crippen LogP contribution is -2.53. The molecule has 5 nitrogen and oxygen atoms in total. The zero-order valence-corrected chi connectivity index (χ0v) is 13.6. The summed E-state index contributed by atoms with van der Waals surface area (Å²) in [5, 5.41) is 16.4. The average Bonchev–Trinajstić information content (AvgIpc) is 2.51. The quantitative estimate of drug-likeness (QED) is 0.598. The highest BCUT2D eigenvalue weighted by Gasteiger charge is 2.33. The van der Waals surface area contributed by atoms with Gasteiger partial charge in [0.25, 0.3) is 12.3 Å². The van der Waals surface area contributed by atoms with Crippen LogP contribution in [0.3, 0.4) is 0 Å². The highest BCUT2D eigenvalue weighted by molar-refractivity contribution is 5.82. The molecular formula is C16H25F2N3O2. The molecule has 0 saturated carbocycles. The second-order valence-electron chi connectivity index (χ2n) is 5.45. The third-order valence-electron chi connectivity index (χ3n) is 3.31. The van der Waals surface area contributed by atoms with Crippen LogP contribution in [0.1, 0.15) is 20.3 Å². The monoisotopic (exact) mass is 329 g/mol. The van der Waals surface area contributed by atoms with Crippen molar-refractivity contribution in [3.63, 3.8) is 0 Å². The van der Waals surface area contributed by atoms with Gasteiger partial charge in [-0.15, -0.1) is 0 Å². The maximum absolute atomic E-state index is 12.7. The molecular weight excluding hydrogens is 304 g/mol. The Hall–Kier alpha value is -1.89. The molecule has 7 heteroatoms. The second-order valence-corrected chi connectivity index (χ2v) is 5.45. The van der Waals surface area contributed by atoms with E-state index in [0.717, 1.165) is 4.90 Å². The summed E-state index contributed by atoms with van der Waals surface area (Å²) < 4.78 is 25.3. The number of hydrogen-bond acceptors (Lipinski definition) is 4. The summed E-state index contributed by atoms with van der Waals surface area (Å²) in [7, 11) is 0. The zero-order chi connectivity index (χ0) is 17.4. The first-order chi connectivity index (χ1) is 10.9. The van der Waals surface area contributed by atoms with Crippen molar-refractivity contribution in [2.45, 2.75) is 38.8 Å². The number of hydrogen-bond donors (Lipinski definition) is 3. The number of aliphatic hydroxyl groups is 1. The standard InChI is InChI=1S/C16H25F2N3O2/c1-4-9-21(10-13(17)18)16(23)15(22)14(20-11(2)3)12-7-5-6-8-19-12/h5-7,13-15,19-20,22H,2,4,8-10H2,1,3H3. The number of aliphatic hydroxyl groups excluding tert-OH is 1. The molecule has 0 aromatic rings. The predicted octanol–water partition coefficient (Wildman–Crippen LogP) is 1.39. The SMILES string of the molecule is C=C(C)NC(C1=CC=CCN1)C(O)C(=O)N(CCC)CC(F)F. The van der Waals surface area contributed by atoms with Gasteiger partial charge in [-0.1, -0.05) is 25.7 Å². The van der Waals surface area contributed by atoms with Crippen LogP contribution < -0.4 is 10.6 Å². The molecule has 1 aliphatic rings. The van der Waals surface area contributed by atoms with Crippen molar-refractivity contribution >= 4 is 5.91 Å². The summed E-state index contributed by atoms with van der Waals surface area (Å²) in [5.74, 6) is -0.719. The van der Waals surface area contributed by atoms with Gasteiger partial charge in [-0.2, -0.15) is 0 Å². The van der Waals surface area contributed by atoms with E-state index in [-0.39, 0.29) is 6.54 Å². The number of dihydropyridines is 1. The van der Waals surface area contributed by atoms with Crippen LogP contribution in [0.4, 0.5) is 8.78 Å². The summed E-state index contributed by atoms with van der Waals surface area (Å²) in [6.45, 7) is 7.27. The fourth-order valence-electron chi connectivity index (χ4n) is 2.34. The van der Waals surface area contributed by atoms with E-state index in [1.54, 1.807) is 26.0 Å². The van der Waals surface area contributed by atoms with Crippen molar-refractivity contribution in [3.05, 3.63) is 36.2 Å². The minimum atomic E-state index is -2.64. The number of allylic oxidation sites excluding steroid dienone is 3. The van der Waals surface area contributed by atoms with Crippen LogP contribution in [0, 0.1) is 0 Å². The number of nitrogens with zero attached hydrogens (tertiary/aromatic N) is 1. The predicted molar refractivity (Wildman–Crippen MR) is 85.8 cm³/mol. The average molecular weight is 329 g/mol. The molecule has 0 fully saturated rings. The van der Waals surface area contributed by atoms with Gasteiger partial charge < -0.3 is 20.6 Å². The van der Waals surface area contributed by atoms with Crippen LogP contribution in [0.5, 0.6) is 0 Å². The Morgan fingerprint density at radius 1 is 1.57 bits per heavy atom. The molecule has 0 radical (unpaired) electrons. The molecule has 1 rings (SSSR count). The van der Waals surface area contributed by atoms with Gasteiger partial charge in [0.2, 0.25) is 0 Å². The van der Waals surface area contributed by atoms with Crippen molar-refractivity contribution < 1.29 is 18.7 Å². The lowest BCUT2D eigenvalue weighted by molar-refractivity contribution is -0.143. The molecule has 1 aliphatic heterocycles. The van der Waals surface area contributed by atoms with E-state index < -0.39 is 31.0 Å². The molecule has 0 aliphatic carbocycles. The molecule has 2 atom stereocenters. The maximum atomic E-state index is 12.7. The molecule has 0 saturated heterocycles. The smallest absolute Gasteiger partial charge is 0.255 e. The number of carbonyl (C=O) groups is 1. The minimum Gasteiger partial charge on any atom is -0.383 e. The van der Waals surface area contributed by atoms with Crippen molar-refractivity contribution in [3.8, 4) is 0 Å². The van der Waals surface area contributed by atoms with Gasteiger partial charge in [-0.3, -0.25) is 4.79 Å². The number of amides is 1. The maximum Gasteiger partial charge on any atom is 0.255 e. The molecule has 1 amide bonds. The van der Waals surface area contributed by atoms with Gasteiger partial charge in [0.1, 0.15) is 6.04 Å². The number of carbonyl (C=O) groups excluding carboxylic acids is 1. The molecule has 0 aromatic carbocycles. The van der Waals surface area contributed by atoms with Crippen LogP contribution in [0.15, 0.2) is 36.2 Å². The Morgan fingerprint density at radius 2 is 2.26 bits per heavy atom. The van der Waals surface area contributed by atoms with Crippen LogP contribution in [0.25, 0.3) is 0 Å². The zero-order valence-electron chi connectivity index (χ0n) is 13.6. The van der Waals surface area contributed by atoms with E-state index >= 15 is 0 Å². The van der Waals surface area contributed by atoms with E-state index in [9.17, 15) is 18.7 Å². The number of nitrogens with one attached hydrogen (secondary N) is 2. The third-order valence-corrected chi connectivity index (χ3v) is 3.31. The topological polar surface area (TPSA) is 64.6 Å². The van der Waals surface area contributed by atoms with Crippen LogP contribution >= 0.6 is 0 Å².